The van der Waals surface area contributed by atoms with Gasteiger partial charge in [0.1, 0.15) is 0 Å². The van der Waals surface area contributed by atoms with E-state index >= 15 is 0 Å². The highest BCUT2D eigenvalue weighted by Gasteiger charge is 2.30. The minimum atomic E-state index is -2.13. The Kier molecular flexibility index (Phi) is 23.2. The Bertz CT molecular complexity index is 406. The minimum Gasteiger partial charge on any atom is -0.398 e. The molecule has 0 bridgehead atoms. The van der Waals surface area contributed by atoms with Crippen LogP contribution in [0.15, 0.2) is 0 Å². The number of aliphatic hydroxyl groups is 2. The number of unbranched alkanes of at least 4 members (excludes halogenated alkanes) is 2. The number of methoxy groups -OCH3 is 1. The molecular weight excluding hydrogens is 448 g/mol. The van der Waals surface area contributed by atoms with Gasteiger partial charge in [0.05, 0.1) is 25.4 Å². The molecule has 0 fully saturated rings. The van der Waals surface area contributed by atoms with Gasteiger partial charge < -0.3 is 37.4 Å². The van der Waals surface area contributed by atoms with Crippen molar-refractivity contribution in [2.45, 2.75) is 90.3 Å². The minimum absolute atomic E-state index is 0.0565. The van der Waals surface area contributed by atoms with Gasteiger partial charge in [-0.15, -0.1) is 0 Å². The molecule has 0 amide bonds. The van der Waals surface area contributed by atoms with E-state index in [9.17, 15) is 0 Å². The van der Waals surface area contributed by atoms with Crippen LogP contribution in [0.4, 0.5) is 0 Å². The van der Waals surface area contributed by atoms with Gasteiger partial charge in [0, 0.05) is 41.2 Å². The molecule has 0 aliphatic carbocycles. The average Bonchev–Trinajstić information content (AvgIpc) is 2.77. The fourth-order valence-electron chi connectivity index (χ4n) is 2.72. The Morgan fingerprint density at radius 3 is 1.62 bits per heavy atom. The highest BCUT2D eigenvalue weighted by atomic mass is 28.4. The fourth-order valence-corrected chi connectivity index (χ4v) is 6.58. The summed E-state index contributed by atoms with van der Waals surface area (Å²) in [6, 6.07) is 1.95. The van der Waals surface area contributed by atoms with Crippen LogP contribution in [0.1, 0.15) is 52.9 Å². The standard InChI is InChI=1S/C18H42O6Si2.C4H10O2/c1-7-8-15-25(5,20-3)23-13-9-10-14-24-26(6,21-4)16-11-12-22-18(2)17-19;1-4(5)3-6-2/h18-19H,7-17H2,1-6H3;4-5H,3H2,1-2H3. The van der Waals surface area contributed by atoms with Crippen LogP contribution in [0, 0.1) is 0 Å². The molecule has 4 atom stereocenters. The zero-order valence-electron chi connectivity index (χ0n) is 22.0. The molecule has 0 spiro atoms. The highest BCUT2D eigenvalue weighted by molar-refractivity contribution is 6.66. The van der Waals surface area contributed by atoms with E-state index in [-0.39, 0.29) is 18.8 Å². The molecule has 196 valence electrons. The molecule has 0 saturated heterocycles. The maximum Gasteiger partial charge on any atom is 0.334 e. The van der Waals surface area contributed by atoms with Gasteiger partial charge in [0.2, 0.25) is 0 Å². The van der Waals surface area contributed by atoms with Crippen LogP contribution in [0.5, 0.6) is 0 Å². The predicted molar refractivity (Wildman–Crippen MR) is 134 cm³/mol. The predicted octanol–water partition coefficient (Wildman–Crippen LogP) is 3.84. The molecule has 0 aliphatic heterocycles. The molecule has 32 heavy (non-hydrogen) atoms. The number of rotatable bonds is 20. The zero-order chi connectivity index (χ0) is 24.9. The summed E-state index contributed by atoms with van der Waals surface area (Å²) in [7, 11) is 0.966. The summed E-state index contributed by atoms with van der Waals surface area (Å²) in [5.74, 6) is 0. The van der Waals surface area contributed by atoms with Gasteiger partial charge in [0.15, 0.2) is 0 Å². The quantitative estimate of drug-likeness (QED) is 0.192. The highest BCUT2D eigenvalue weighted by Crippen LogP contribution is 2.18. The van der Waals surface area contributed by atoms with Crippen molar-refractivity contribution >= 4 is 17.1 Å². The van der Waals surface area contributed by atoms with E-state index in [2.05, 4.69) is 24.8 Å². The SMILES string of the molecule is CCCC[Si](C)(OC)OCCCCO[Si](C)(CCCOC(C)CO)OC.COCC(C)O. The summed E-state index contributed by atoms with van der Waals surface area (Å²) < 4.78 is 33.5. The molecule has 4 unspecified atom stereocenters. The molecule has 0 aromatic rings. The lowest BCUT2D eigenvalue weighted by atomic mass is 10.3. The molecule has 0 rings (SSSR count). The van der Waals surface area contributed by atoms with Crippen molar-refractivity contribution < 1.29 is 37.4 Å². The summed E-state index contributed by atoms with van der Waals surface area (Å²) in [4.78, 5) is 0. The monoisotopic (exact) mass is 500 g/mol. The second-order valence-corrected chi connectivity index (χ2v) is 15.4. The lowest BCUT2D eigenvalue weighted by molar-refractivity contribution is 0.0244. The Balaban J connectivity index is 0. The van der Waals surface area contributed by atoms with Crippen molar-refractivity contribution in [3.8, 4) is 0 Å². The van der Waals surface area contributed by atoms with Crippen LogP contribution in [-0.2, 0) is 27.2 Å². The Hall–Kier alpha value is 0.114. The summed E-state index contributed by atoms with van der Waals surface area (Å²) in [5, 5.41) is 17.4. The number of hydrogen-bond acceptors (Lipinski definition) is 8. The van der Waals surface area contributed by atoms with Crippen LogP contribution < -0.4 is 0 Å². The van der Waals surface area contributed by atoms with Crippen LogP contribution in [0.3, 0.4) is 0 Å². The molecule has 2 N–H and O–H groups in total. The summed E-state index contributed by atoms with van der Waals surface area (Å²) in [6.07, 6.45) is 4.74. The number of aliphatic hydroxyl groups excluding tert-OH is 2. The molecule has 0 aromatic carbocycles. The average molecular weight is 501 g/mol. The summed E-state index contributed by atoms with van der Waals surface area (Å²) in [5.41, 5.74) is 0. The smallest absolute Gasteiger partial charge is 0.334 e. The molecule has 0 radical (unpaired) electrons. The number of ether oxygens (including phenoxy) is 2. The first-order valence-electron chi connectivity index (χ1n) is 11.9. The maximum atomic E-state index is 8.95. The molecule has 0 heterocycles. The number of hydrogen-bond donors (Lipinski definition) is 2. The van der Waals surface area contributed by atoms with E-state index < -0.39 is 17.1 Å². The van der Waals surface area contributed by atoms with E-state index in [4.69, 9.17) is 32.7 Å². The van der Waals surface area contributed by atoms with Gasteiger partial charge in [0.25, 0.3) is 0 Å². The topological polar surface area (TPSA) is 95.8 Å². The Morgan fingerprint density at radius 2 is 1.28 bits per heavy atom. The Morgan fingerprint density at radius 1 is 0.781 bits per heavy atom. The van der Waals surface area contributed by atoms with E-state index in [1.54, 1.807) is 28.3 Å². The van der Waals surface area contributed by atoms with E-state index in [1.165, 1.54) is 6.42 Å². The summed E-state index contributed by atoms with van der Waals surface area (Å²) in [6.45, 7) is 12.5. The zero-order valence-corrected chi connectivity index (χ0v) is 24.0. The first kappa shape index (κ1) is 34.3. The van der Waals surface area contributed by atoms with Crippen molar-refractivity contribution in [2.75, 3.05) is 54.4 Å². The van der Waals surface area contributed by atoms with Crippen LogP contribution >= 0.6 is 0 Å². The second-order valence-electron chi connectivity index (χ2n) is 8.46. The lowest BCUT2D eigenvalue weighted by Gasteiger charge is -2.26. The molecule has 10 heteroatoms. The van der Waals surface area contributed by atoms with Crippen LogP contribution in [0.2, 0.25) is 25.2 Å². The van der Waals surface area contributed by atoms with Crippen LogP contribution in [-0.4, -0.2) is 93.9 Å². The summed E-state index contributed by atoms with van der Waals surface area (Å²) >= 11 is 0. The van der Waals surface area contributed by atoms with Gasteiger partial charge in [-0.1, -0.05) is 19.8 Å². The van der Waals surface area contributed by atoms with E-state index in [1.807, 2.05) is 6.92 Å². The van der Waals surface area contributed by atoms with Crippen molar-refractivity contribution in [3.63, 3.8) is 0 Å². The second kappa shape index (κ2) is 21.6. The van der Waals surface area contributed by atoms with Gasteiger partial charge >= 0.3 is 17.1 Å². The fraction of sp³-hybridized carbons (Fsp3) is 1.00. The van der Waals surface area contributed by atoms with Crippen molar-refractivity contribution in [1.29, 1.82) is 0 Å². The van der Waals surface area contributed by atoms with Crippen molar-refractivity contribution in [1.82, 2.24) is 0 Å². The largest absolute Gasteiger partial charge is 0.398 e. The van der Waals surface area contributed by atoms with Gasteiger partial charge in [-0.2, -0.15) is 0 Å². The third-order valence-corrected chi connectivity index (χ3v) is 10.9. The normalized spacial score (nSPS) is 17.1. The van der Waals surface area contributed by atoms with Gasteiger partial charge in [-0.3, -0.25) is 0 Å². The van der Waals surface area contributed by atoms with Crippen molar-refractivity contribution in [3.05, 3.63) is 0 Å². The maximum absolute atomic E-state index is 8.95. The van der Waals surface area contributed by atoms with Gasteiger partial charge in [-0.25, -0.2) is 0 Å². The van der Waals surface area contributed by atoms with Gasteiger partial charge in [-0.05, 0) is 58.3 Å². The van der Waals surface area contributed by atoms with Crippen LogP contribution in [0.25, 0.3) is 0 Å². The third kappa shape index (κ3) is 20.7. The molecular formula is C22H52O8Si2. The van der Waals surface area contributed by atoms with Crippen molar-refractivity contribution in [2.24, 2.45) is 0 Å². The first-order chi connectivity index (χ1) is 15.1. The molecule has 0 saturated carbocycles. The lowest BCUT2D eigenvalue weighted by Crippen LogP contribution is -2.38. The first-order valence-corrected chi connectivity index (χ1v) is 16.9. The van der Waals surface area contributed by atoms with E-state index in [0.717, 1.165) is 44.4 Å². The molecule has 8 nitrogen and oxygen atoms in total. The molecule has 0 aromatic heterocycles. The third-order valence-electron chi connectivity index (χ3n) is 5.04. The Labute approximate surface area is 199 Å². The molecule has 0 aliphatic rings. The van der Waals surface area contributed by atoms with E-state index in [0.29, 0.717) is 19.8 Å².